The first-order chi connectivity index (χ1) is 22.0. The zero-order valence-corrected chi connectivity index (χ0v) is 29.0. The predicted octanol–water partition coefficient (Wildman–Crippen LogP) is 6.33. The zero-order chi connectivity index (χ0) is 33.1. The molecule has 10 nitrogen and oxygen atoms in total. The maximum atomic E-state index is 14.3. The van der Waals surface area contributed by atoms with Crippen LogP contribution in [0, 0.1) is 13.7 Å². The van der Waals surface area contributed by atoms with Crippen molar-refractivity contribution in [2.45, 2.75) is 46.4 Å². The smallest absolute Gasteiger partial charge is 0.338 e. The molecule has 0 saturated carbocycles. The number of nitrogens with zero attached hydrogens (tertiary/aromatic N) is 3. The highest BCUT2D eigenvalue weighted by Gasteiger charge is 2.35. The molecule has 1 aliphatic rings. The average molecular weight is 774 g/mol. The summed E-state index contributed by atoms with van der Waals surface area (Å²) in [5.41, 5.74) is 2.24. The van der Waals surface area contributed by atoms with Crippen LogP contribution in [0.15, 0.2) is 81.7 Å². The standard InChI is InChI=1S/C33H29ClIN3O7S/c1-5-43-32(40)28-19(4)36-33-37(29(28)24-8-6-7-9-26(24)45-18(2)3)31(39)27(46-33)15-21-14-22(34)16-25(35)30(21)44-17-20-10-12-23(13-11-20)38(41)42/h6-16,18,29H,5,17H2,1-4H3/b27-15-/t29-/m1/s1. The minimum atomic E-state index is -0.843. The lowest BCUT2D eigenvalue weighted by Crippen LogP contribution is -2.40. The summed E-state index contributed by atoms with van der Waals surface area (Å²) >= 11 is 9.74. The van der Waals surface area contributed by atoms with Crippen LogP contribution in [0.1, 0.15) is 50.4 Å². The Balaban J connectivity index is 1.64. The maximum absolute atomic E-state index is 14.3. The fourth-order valence-electron chi connectivity index (χ4n) is 5.00. The molecule has 1 aliphatic heterocycles. The number of carbonyl (C=O) groups excluding carboxylic acids is 1. The van der Waals surface area contributed by atoms with E-state index in [4.69, 9.17) is 25.8 Å². The molecule has 2 heterocycles. The highest BCUT2D eigenvalue weighted by atomic mass is 127. The van der Waals surface area contributed by atoms with Crippen LogP contribution in [-0.4, -0.2) is 28.2 Å². The lowest BCUT2D eigenvalue weighted by molar-refractivity contribution is -0.384. The lowest BCUT2D eigenvalue weighted by Gasteiger charge is -2.26. The Morgan fingerprint density at radius 3 is 2.59 bits per heavy atom. The van der Waals surface area contributed by atoms with Crippen molar-refractivity contribution in [1.29, 1.82) is 0 Å². The van der Waals surface area contributed by atoms with Crippen LogP contribution >= 0.6 is 45.5 Å². The molecule has 3 aromatic carbocycles. The number of thiazole rings is 1. The number of nitro benzene ring substituents is 1. The van der Waals surface area contributed by atoms with Crippen molar-refractivity contribution in [3.05, 3.63) is 127 Å². The van der Waals surface area contributed by atoms with Gasteiger partial charge in [0.2, 0.25) is 0 Å². The molecule has 238 valence electrons. The van der Waals surface area contributed by atoms with Crippen molar-refractivity contribution in [1.82, 2.24) is 4.57 Å². The minimum Gasteiger partial charge on any atom is -0.491 e. The Morgan fingerprint density at radius 2 is 1.91 bits per heavy atom. The van der Waals surface area contributed by atoms with Crippen molar-refractivity contribution in [3.63, 3.8) is 0 Å². The molecule has 0 N–H and O–H groups in total. The van der Waals surface area contributed by atoms with Gasteiger partial charge in [-0.25, -0.2) is 9.79 Å². The summed E-state index contributed by atoms with van der Waals surface area (Å²) in [6.07, 6.45) is 1.54. The monoisotopic (exact) mass is 773 g/mol. The normalized spacial score (nSPS) is 14.6. The fourth-order valence-corrected chi connectivity index (χ4v) is 7.25. The number of ether oxygens (including phenoxy) is 3. The van der Waals surface area contributed by atoms with E-state index in [1.165, 1.54) is 28.0 Å². The molecule has 0 fully saturated rings. The van der Waals surface area contributed by atoms with E-state index in [0.717, 1.165) is 5.56 Å². The van der Waals surface area contributed by atoms with Gasteiger partial charge in [0.15, 0.2) is 4.80 Å². The van der Waals surface area contributed by atoms with E-state index in [2.05, 4.69) is 27.6 Å². The molecule has 0 bridgehead atoms. The number of hydrogen-bond donors (Lipinski definition) is 0. The van der Waals surface area contributed by atoms with E-state index >= 15 is 0 Å². The summed E-state index contributed by atoms with van der Waals surface area (Å²) in [4.78, 5) is 43.2. The Morgan fingerprint density at radius 1 is 1.20 bits per heavy atom. The molecular formula is C33H29ClIN3O7S. The molecule has 1 aromatic heterocycles. The van der Waals surface area contributed by atoms with Gasteiger partial charge in [-0.1, -0.05) is 41.1 Å². The number of aromatic nitrogens is 1. The van der Waals surface area contributed by atoms with Gasteiger partial charge in [-0.2, -0.15) is 0 Å². The van der Waals surface area contributed by atoms with Gasteiger partial charge in [0, 0.05) is 28.3 Å². The molecule has 1 atom stereocenters. The number of benzene rings is 3. The number of fused-ring (bicyclic) bond motifs is 1. The van der Waals surface area contributed by atoms with E-state index in [9.17, 15) is 19.7 Å². The van der Waals surface area contributed by atoms with E-state index < -0.39 is 16.9 Å². The summed E-state index contributed by atoms with van der Waals surface area (Å²) in [5.74, 6) is 0.471. The van der Waals surface area contributed by atoms with Crippen LogP contribution in [0.4, 0.5) is 5.69 Å². The van der Waals surface area contributed by atoms with Crippen LogP contribution in [0.25, 0.3) is 6.08 Å². The van der Waals surface area contributed by atoms with Crippen molar-refractivity contribution in [2.75, 3.05) is 6.61 Å². The summed E-state index contributed by atoms with van der Waals surface area (Å²) < 4.78 is 20.3. The molecule has 0 unspecified atom stereocenters. The second kappa shape index (κ2) is 14.2. The fraction of sp³-hybridized carbons (Fsp3) is 0.242. The van der Waals surface area contributed by atoms with Crippen LogP contribution in [0.5, 0.6) is 11.5 Å². The van der Waals surface area contributed by atoms with Gasteiger partial charge in [0.25, 0.3) is 11.2 Å². The summed E-state index contributed by atoms with van der Waals surface area (Å²) in [6.45, 7) is 7.55. The third-order valence-electron chi connectivity index (χ3n) is 6.95. The summed E-state index contributed by atoms with van der Waals surface area (Å²) in [6, 6.07) is 16.0. The molecule has 0 aliphatic carbocycles. The Kier molecular flexibility index (Phi) is 10.3. The highest BCUT2D eigenvalue weighted by Crippen LogP contribution is 2.36. The number of rotatable bonds is 10. The molecule has 46 heavy (non-hydrogen) atoms. The van der Waals surface area contributed by atoms with Crippen molar-refractivity contribution >= 4 is 63.3 Å². The van der Waals surface area contributed by atoms with Gasteiger partial charge >= 0.3 is 5.97 Å². The van der Waals surface area contributed by atoms with Crippen LogP contribution < -0.4 is 24.4 Å². The van der Waals surface area contributed by atoms with Crippen molar-refractivity contribution < 1.29 is 23.9 Å². The Labute approximate surface area is 286 Å². The molecule has 0 saturated heterocycles. The molecule has 13 heteroatoms. The van der Waals surface area contributed by atoms with Gasteiger partial charge in [0.05, 0.1) is 37.0 Å². The average Bonchev–Trinajstić information content (AvgIpc) is 3.30. The molecule has 0 amide bonds. The van der Waals surface area contributed by atoms with Gasteiger partial charge in [-0.05, 0) is 92.3 Å². The lowest BCUT2D eigenvalue weighted by atomic mass is 9.95. The zero-order valence-electron chi connectivity index (χ0n) is 25.3. The third kappa shape index (κ3) is 7.03. The first-order valence-electron chi connectivity index (χ1n) is 14.3. The first kappa shape index (κ1) is 33.4. The van der Waals surface area contributed by atoms with E-state index in [1.54, 1.807) is 44.2 Å². The van der Waals surface area contributed by atoms with E-state index in [-0.39, 0.29) is 36.1 Å². The Hall–Kier alpha value is -4.01. The van der Waals surface area contributed by atoms with Gasteiger partial charge in [-0.15, -0.1) is 0 Å². The summed E-state index contributed by atoms with van der Waals surface area (Å²) in [5, 5.41) is 11.5. The number of non-ortho nitro benzene ring substituents is 1. The number of nitro groups is 1. The Bertz CT molecular complexity index is 2040. The number of halogens is 2. The largest absolute Gasteiger partial charge is 0.491 e. The molecule has 5 rings (SSSR count). The van der Waals surface area contributed by atoms with E-state index in [0.29, 0.717) is 46.2 Å². The van der Waals surface area contributed by atoms with Crippen molar-refractivity contribution in [3.8, 4) is 11.5 Å². The predicted molar refractivity (Wildman–Crippen MR) is 184 cm³/mol. The SMILES string of the molecule is CCOC(=O)C1=C(C)N=c2s/c(=C\c3cc(Cl)cc(I)c3OCc3ccc([N+](=O)[O-])cc3)c(=O)n2[C@@H]1c1ccccc1OC(C)C. The molecular weight excluding hydrogens is 745 g/mol. The first-order valence-corrected chi connectivity index (χ1v) is 16.6. The van der Waals surface area contributed by atoms with Gasteiger partial charge in [0.1, 0.15) is 24.1 Å². The van der Waals surface area contributed by atoms with Crippen molar-refractivity contribution in [2.24, 2.45) is 4.99 Å². The van der Waals surface area contributed by atoms with Gasteiger partial charge < -0.3 is 14.2 Å². The topological polar surface area (TPSA) is 122 Å². The molecule has 4 aromatic rings. The molecule has 0 radical (unpaired) electrons. The highest BCUT2D eigenvalue weighted by molar-refractivity contribution is 14.1. The quantitative estimate of drug-likeness (QED) is 0.0800. The number of allylic oxidation sites excluding steroid dienone is 1. The van der Waals surface area contributed by atoms with E-state index in [1.807, 2.05) is 38.1 Å². The maximum Gasteiger partial charge on any atom is 0.338 e. The van der Waals surface area contributed by atoms with Crippen LogP contribution in [0.2, 0.25) is 5.02 Å². The minimum absolute atomic E-state index is 0.0149. The number of hydrogen-bond acceptors (Lipinski definition) is 9. The van der Waals surface area contributed by atoms with Gasteiger partial charge in [-0.3, -0.25) is 19.5 Å². The summed E-state index contributed by atoms with van der Waals surface area (Å²) in [7, 11) is 0. The third-order valence-corrected chi connectivity index (χ3v) is 8.95. The number of carbonyl (C=O) groups is 1. The second-order valence-corrected chi connectivity index (χ2v) is 13.1. The second-order valence-electron chi connectivity index (χ2n) is 10.5. The van der Waals surface area contributed by atoms with Crippen LogP contribution in [0.3, 0.4) is 0 Å². The van der Waals surface area contributed by atoms with Crippen LogP contribution in [-0.2, 0) is 16.1 Å². The number of para-hydroxylation sites is 1. The number of esters is 1. The molecule has 0 spiro atoms.